The average Bonchev–Trinajstić information content (AvgIpc) is 3.63. The molecule has 1 aromatic rings. The molecule has 0 aromatic carbocycles. The molecule has 1 aliphatic carbocycles. The average molecular weight is 586 g/mol. The number of likely N-dealkylation sites (N-methyl/N-ethyl adjacent to an activating group) is 1. The largest absolute Gasteiger partial charge is 0.374 e. The Morgan fingerprint density at radius 2 is 2.08 bits per heavy atom. The molecule has 15 heteroatoms. The first kappa shape index (κ1) is 30.8. The van der Waals surface area contributed by atoms with Crippen LogP contribution in [0.15, 0.2) is 40.5 Å². The number of amides is 2. The fourth-order valence-corrected chi connectivity index (χ4v) is 5.44. The highest BCUT2D eigenvalue weighted by Crippen LogP contribution is 2.31. The minimum Gasteiger partial charge on any atom is -0.374 e. The van der Waals surface area contributed by atoms with Crippen molar-refractivity contribution >= 4 is 40.5 Å². The van der Waals surface area contributed by atoms with Crippen LogP contribution in [0.1, 0.15) is 37.1 Å². The zero-order chi connectivity index (χ0) is 28.4. The van der Waals surface area contributed by atoms with E-state index in [4.69, 9.17) is 17.3 Å². The highest BCUT2D eigenvalue weighted by molar-refractivity contribution is 7.09. The number of piperazine rings is 1. The van der Waals surface area contributed by atoms with Crippen LogP contribution in [0.4, 0.5) is 4.39 Å². The maximum atomic E-state index is 15.9. The topological polar surface area (TPSA) is 143 Å². The highest BCUT2D eigenvalue weighted by Gasteiger charge is 2.29. The molecule has 1 atom stereocenters. The first-order chi connectivity index (χ1) is 18.7. The van der Waals surface area contributed by atoms with Gasteiger partial charge in [0.15, 0.2) is 16.9 Å². The van der Waals surface area contributed by atoms with Gasteiger partial charge in [-0.2, -0.15) is 4.99 Å². The fourth-order valence-electron chi connectivity index (χ4n) is 4.76. The number of allylic oxidation sites excluding steroid dienone is 1. The van der Waals surface area contributed by atoms with Gasteiger partial charge in [0.1, 0.15) is 5.01 Å². The molecule has 12 nitrogen and oxygen atoms in total. The number of amidine groups is 1. The van der Waals surface area contributed by atoms with Gasteiger partial charge in [0.25, 0.3) is 0 Å². The summed E-state index contributed by atoms with van der Waals surface area (Å²) in [6, 6.07) is 0. The molecule has 1 saturated carbocycles. The molecule has 2 heterocycles. The van der Waals surface area contributed by atoms with Crippen LogP contribution in [0.3, 0.4) is 0 Å². The van der Waals surface area contributed by atoms with Crippen molar-refractivity contribution in [1.82, 2.24) is 35.8 Å². The van der Waals surface area contributed by atoms with Gasteiger partial charge in [-0.05, 0) is 31.0 Å². The van der Waals surface area contributed by atoms with Crippen LogP contribution in [-0.2, 0) is 16.1 Å². The number of aliphatic imine (C=N–C) groups is 1. The molecule has 2 fully saturated rings. The van der Waals surface area contributed by atoms with E-state index in [1.165, 1.54) is 11.3 Å². The smallest absolute Gasteiger partial charge is 0.243 e. The highest BCUT2D eigenvalue weighted by atomic mass is 35.5. The Morgan fingerprint density at radius 3 is 2.67 bits per heavy atom. The van der Waals surface area contributed by atoms with Gasteiger partial charge in [0, 0.05) is 37.8 Å². The number of nitrogens with zero attached hydrogens (tertiary/aromatic N) is 6. The number of thiazole rings is 1. The van der Waals surface area contributed by atoms with E-state index < -0.39 is 28.8 Å². The fraction of sp³-hybridized carbons (Fsp3) is 0.583. The van der Waals surface area contributed by atoms with Gasteiger partial charge in [0.2, 0.25) is 12.3 Å². The first-order valence-corrected chi connectivity index (χ1v) is 14.1. The summed E-state index contributed by atoms with van der Waals surface area (Å²) in [5, 5.41) is 16.0. The third-order valence-electron chi connectivity index (χ3n) is 6.88. The third-order valence-corrected chi connectivity index (χ3v) is 7.73. The van der Waals surface area contributed by atoms with E-state index in [0.29, 0.717) is 30.5 Å². The Kier molecular flexibility index (Phi) is 11.9. The summed E-state index contributed by atoms with van der Waals surface area (Å²) in [7, 11) is 2.02. The minimum absolute atomic E-state index is 0.0156. The van der Waals surface area contributed by atoms with Crippen LogP contribution >= 0.6 is 22.9 Å². The van der Waals surface area contributed by atoms with Crippen molar-refractivity contribution in [3.8, 4) is 0 Å². The van der Waals surface area contributed by atoms with Crippen molar-refractivity contribution in [3.63, 3.8) is 0 Å². The van der Waals surface area contributed by atoms with E-state index in [9.17, 15) is 14.8 Å². The van der Waals surface area contributed by atoms with Crippen LogP contribution in [0, 0.1) is 11.8 Å². The number of nitrogens with two attached hydrogens (primary N) is 1. The maximum absolute atomic E-state index is 15.9. The van der Waals surface area contributed by atoms with Gasteiger partial charge in [-0.25, -0.2) is 19.4 Å². The molecule has 0 unspecified atom stereocenters. The zero-order valence-electron chi connectivity index (χ0n) is 22.1. The van der Waals surface area contributed by atoms with Gasteiger partial charge in [-0.15, -0.1) is 11.3 Å². The lowest BCUT2D eigenvalue weighted by Crippen LogP contribution is -2.52. The van der Waals surface area contributed by atoms with Crippen LogP contribution < -0.4 is 16.6 Å². The quantitative estimate of drug-likeness (QED) is 0.0490. The van der Waals surface area contributed by atoms with Gasteiger partial charge < -0.3 is 10.6 Å². The molecule has 1 aromatic heterocycles. The van der Waals surface area contributed by atoms with Crippen molar-refractivity contribution < 1.29 is 19.2 Å². The SMILES string of the molecule is C=C(/C(F)=C(\N=C(N)Cl)NNC(=O)[C@H](CC1CCCC1)CN(O)C=O)N(Cc1nccs1)N1CCN(C)CC1. The predicted molar refractivity (Wildman–Crippen MR) is 147 cm³/mol. The standard InChI is InChI=1S/C24H37ClFN9O3S/c1-17(35(15-20-28-7-12-39-20)33-10-8-32(2)9-11-33)21(26)22(29-24(25)27)30-31-23(37)19(14-34(38)16-36)13-18-5-3-4-6-18/h7,12,16,18-19,30,38H,1,3-6,8-11,13-15H2,2H3,(H2,27,29)(H,31,37)/b22-21-/t19-/m1/s1. The van der Waals surface area contributed by atoms with E-state index in [0.717, 1.165) is 43.8 Å². The molecule has 1 aliphatic heterocycles. The Morgan fingerprint density at radius 1 is 1.38 bits per heavy atom. The van der Waals surface area contributed by atoms with Gasteiger partial charge in [-0.1, -0.05) is 32.3 Å². The molecular weight excluding hydrogens is 549 g/mol. The van der Waals surface area contributed by atoms with Gasteiger partial charge in [0.05, 0.1) is 24.7 Å². The summed E-state index contributed by atoms with van der Waals surface area (Å²) >= 11 is 7.23. The van der Waals surface area contributed by atoms with Gasteiger partial charge in [-0.3, -0.25) is 30.7 Å². The second-order valence-electron chi connectivity index (χ2n) is 9.71. The summed E-state index contributed by atoms with van der Waals surface area (Å²) in [6.45, 7) is 6.91. The van der Waals surface area contributed by atoms with Crippen molar-refractivity contribution in [3.05, 3.63) is 40.5 Å². The molecule has 39 heavy (non-hydrogen) atoms. The summed E-state index contributed by atoms with van der Waals surface area (Å²) in [5.41, 5.74) is 10.5. The second kappa shape index (κ2) is 15.1. The summed E-state index contributed by atoms with van der Waals surface area (Å²) in [6.07, 6.45) is 6.47. The van der Waals surface area contributed by atoms with E-state index in [2.05, 4.69) is 32.3 Å². The molecule has 2 aliphatic rings. The number of hydrazine groups is 2. The number of halogens is 2. The molecule has 0 radical (unpaired) electrons. The third kappa shape index (κ3) is 9.42. The second-order valence-corrected chi connectivity index (χ2v) is 11.1. The number of rotatable bonds is 14. The molecule has 5 N–H and O–H groups in total. The number of nitrogens with one attached hydrogen (secondary N) is 2. The Labute approximate surface area is 236 Å². The Bertz CT molecular complexity index is 1020. The van der Waals surface area contributed by atoms with Crippen LogP contribution in [-0.4, -0.2) is 87.6 Å². The number of aromatic nitrogens is 1. The molecule has 0 spiro atoms. The van der Waals surface area contributed by atoms with Gasteiger partial charge >= 0.3 is 0 Å². The van der Waals surface area contributed by atoms with E-state index in [1.807, 2.05) is 17.4 Å². The van der Waals surface area contributed by atoms with Crippen LogP contribution in [0.25, 0.3) is 0 Å². The number of hydroxylamine groups is 2. The number of hydrogen-bond donors (Lipinski definition) is 4. The number of hydrogen-bond acceptors (Lipinski definition) is 10. The lowest BCUT2D eigenvalue weighted by atomic mass is 9.92. The normalized spacial score (nSPS) is 18.8. The van der Waals surface area contributed by atoms with Crippen molar-refractivity contribution in [1.29, 1.82) is 0 Å². The van der Waals surface area contributed by atoms with E-state index in [-0.39, 0.29) is 25.2 Å². The predicted octanol–water partition coefficient (Wildman–Crippen LogP) is 1.98. The molecule has 3 rings (SSSR count). The molecule has 0 bridgehead atoms. The first-order valence-electron chi connectivity index (χ1n) is 12.8. The summed E-state index contributed by atoms with van der Waals surface area (Å²) in [4.78, 5) is 34.4. The lowest BCUT2D eigenvalue weighted by molar-refractivity contribution is -0.155. The number of carbonyl (C=O) groups is 2. The molecule has 216 valence electrons. The Hall–Kier alpha value is -2.78. The number of carbonyl (C=O) groups excluding carboxylic acids is 2. The molecule has 1 saturated heterocycles. The molecule has 2 amide bonds. The Balaban J connectivity index is 1.79. The van der Waals surface area contributed by atoms with E-state index >= 15 is 4.39 Å². The van der Waals surface area contributed by atoms with Crippen LogP contribution in [0.5, 0.6) is 0 Å². The monoisotopic (exact) mass is 585 g/mol. The van der Waals surface area contributed by atoms with Crippen molar-refractivity contribution in [2.45, 2.75) is 38.6 Å². The summed E-state index contributed by atoms with van der Waals surface area (Å²) in [5.74, 6) is -2.28. The lowest BCUT2D eigenvalue weighted by Gasteiger charge is -2.41. The minimum atomic E-state index is -0.876. The zero-order valence-corrected chi connectivity index (χ0v) is 23.6. The van der Waals surface area contributed by atoms with Crippen molar-refractivity contribution in [2.24, 2.45) is 22.6 Å². The maximum Gasteiger partial charge on any atom is 0.243 e. The van der Waals surface area contributed by atoms with Crippen molar-refractivity contribution in [2.75, 3.05) is 39.8 Å². The van der Waals surface area contributed by atoms with Crippen LogP contribution in [0.2, 0.25) is 0 Å². The molecular formula is C24H37ClFN9O3S. The van der Waals surface area contributed by atoms with E-state index in [1.54, 1.807) is 11.2 Å². The summed E-state index contributed by atoms with van der Waals surface area (Å²) < 4.78 is 15.9.